The fourth-order valence-corrected chi connectivity index (χ4v) is 2.59. The first kappa shape index (κ1) is 9.83. The van der Waals surface area contributed by atoms with Crippen molar-refractivity contribution < 1.29 is 8.76 Å². The van der Waals surface area contributed by atoms with Crippen LogP contribution in [0.5, 0.6) is 0 Å². The zero-order valence-corrected chi connectivity index (χ0v) is 8.58. The summed E-state index contributed by atoms with van der Waals surface area (Å²) in [5.41, 5.74) is 2.60. The van der Waals surface area contributed by atoms with E-state index in [0.29, 0.717) is 5.92 Å². The minimum atomic E-state index is -2.00. The maximum absolute atomic E-state index is 10.4. The van der Waals surface area contributed by atoms with E-state index in [4.69, 9.17) is 0 Å². The molecule has 0 amide bonds. The summed E-state index contributed by atoms with van der Waals surface area (Å²) >= 11 is -0.599. The van der Waals surface area contributed by atoms with E-state index in [-0.39, 0.29) is 5.75 Å². The van der Waals surface area contributed by atoms with Crippen molar-refractivity contribution in [2.45, 2.75) is 25.5 Å². The van der Waals surface area contributed by atoms with Gasteiger partial charge in [-0.2, -0.15) is 0 Å². The Kier molecular flexibility index (Phi) is 3.37. The molecule has 0 saturated heterocycles. The van der Waals surface area contributed by atoms with E-state index in [1.54, 1.807) is 5.51 Å². The van der Waals surface area contributed by atoms with Crippen molar-refractivity contribution in [1.29, 1.82) is 0 Å². The fourth-order valence-electron chi connectivity index (χ4n) is 0.965. The van der Waals surface area contributed by atoms with Crippen LogP contribution in [-0.4, -0.2) is 13.7 Å². The van der Waals surface area contributed by atoms with E-state index < -0.39 is 11.1 Å². The van der Waals surface area contributed by atoms with Crippen molar-refractivity contribution in [3.63, 3.8) is 0 Å². The van der Waals surface area contributed by atoms with Crippen LogP contribution in [0.4, 0.5) is 0 Å². The zero-order valence-electron chi connectivity index (χ0n) is 6.94. The summed E-state index contributed by atoms with van der Waals surface area (Å²) in [6.07, 6.45) is 0. The number of rotatable bonds is 3. The predicted octanol–water partition coefficient (Wildman–Crippen LogP) is 1.65. The lowest BCUT2D eigenvalue weighted by Crippen LogP contribution is -1.97. The van der Waals surface area contributed by atoms with Crippen molar-refractivity contribution in [2.75, 3.05) is 0 Å². The molecule has 5 heteroatoms. The van der Waals surface area contributed by atoms with E-state index in [1.807, 2.05) is 13.8 Å². The molecular weight excluding hydrogens is 194 g/mol. The second-order valence-electron chi connectivity index (χ2n) is 2.76. The van der Waals surface area contributed by atoms with Gasteiger partial charge in [0.25, 0.3) is 0 Å². The van der Waals surface area contributed by atoms with E-state index in [1.165, 1.54) is 11.3 Å². The smallest absolute Gasteiger partial charge is 0.0798 e. The van der Waals surface area contributed by atoms with Crippen molar-refractivity contribution >= 4 is 22.4 Å². The molecule has 0 fully saturated rings. The molecule has 0 spiro atoms. The van der Waals surface area contributed by atoms with Gasteiger partial charge in [0.05, 0.1) is 11.2 Å². The van der Waals surface area contributed by atoms with Crippen molar-refractivity contribution in [1.82, 2.24) is 4.98 Å². The van der Waals surface area contributed by atoms with Gasteiger partial charge < -0.3 is 4.55 Å². The molecule has 1 aromatic rings. The SMILES string of the molecule is CC(C)c1ncsc1CS(=O)[O-]. The molecule has 0 aliphatic carbocycles. The van der Waals surface area contributed by atoms with Crippen LogP contribution in [0.15, 0.2) is 5.51 Å². The molecule has 1 rings (SSSR count). The molecule has 0 radical (unpaired) electrons. The average Bonchev–Trinajstić information content (AvgIpc) is 2.33. The van der Waals surface area contributed by atoms with Crippen molar-refractivity contribution in [3.8, 4) is 0 Å². The minimum absolute atomic E-state index is 0.0954. The molecular formula is C7H10NO2S2-. The van der Waals surface area contributed by atoms with Crippen LogP contribution in [0, 0.1) is 0 Å². The Morgan fingerprint density at radius 3 is 2.92 bits per heavy atom. The van der Waals surface area contributed by atoms with Gasteiger partial charge in [-0.05, 0) is 17.0 Å². The molecule has 3 nitrogen and oxygen atoms in total. The quantitative estimate of drug-likeness (QED) is 0.703. The van der Waals surface area contributed by atoms with Gasteiger partial charge in [-0.3, -0.25) is 4.21 Å². The monoisotopic (exact) mass is 204 g/mol. The Bertz CT molecular complexity index is 283. The summed E-state index contributed by atoms with van der Waals surface area (Å²) in [6, 6.07) is 0. The third-order valence-electron chi connectivity index (χ3n) is 1.47. The van der Waals surface area contributed by atoms with E-state index >= 15 is 0 Å². The normalized spacial score (nSPS) is 13.7. The number of aromatic nitrogens is 1. The molecule has 1 atom stereocenters. The van der Waals surface area contributed by atoms with E-state index in [0.717, 1.165) is 10.6 Å². The van der Waals surface area contributed by atoms with Gasteiger partial charge >= 0.3 is 0 Å². The Morgan fingerprint density at radius 2 is 2.42 bits per heavy atom. The predicted molar refractivity (Wildman–Crippen MR) is 48.8 cm³/mol. The number of hydrogen-bond acceptors (Lipinski definition) is 4. The molecule has 68 valence electrons. The lowest BCUT2D eigenvalue weighted by Gasteiger charge is -2.06. The Balaban J connectivity index is 2.84. The van der Waals surface area contributed by atoms with E-state index in [2.05, 4.69) is 4.98 Å². The highest BCUT2D eigenvalue weighted by atomic mass is 32.2. The molecule has 1 unspecified atom stereocenters. The van der Waals surface area contributed by atoms with Crippen molar-refractivity contribution in [2.24, 2.45) is 0 Å². The van der Waals surface area contributed by atoms with Crippen LogP contribution >= 0.6 is 11.3 Å². The van der Waals surface area contributed by atoms with Gasteiger partial charge in [0.2, 0.25) is 0 Å². The summed E-state index contributed by atoms with van der Waals surface area (Å²) in [7, 11) is 0. The molecule has 0 aromatic carbocycles. The van der Waals surface area contributed by atoms with Gasteiger partial charge in [0, 0.05) is 10.6 Å². The molecule has 0 saturated carbocycles. The standard InChI is InChI=1S/C7H11NO2S2/c1-5(2)7-6(3-12(9)10)11-4-8-7/h4-5H,3H2,1-2H3,(H,9,10)/p-1. The maximum atomic E-state index is 10.4. The van der Waals surface area contributed by atoms with Crippen LogP contribution in [0.25, 0.3) is 0 Å². The Hall–Kier alpha value is -0.260. The lowest BCUT2D eigenvalue weighted by atomic mass is 10.1. The molecule has 0 bridgehead atoms. The second-order valence-corrected chi connectivity index (χ2v) is 4.60. The fraction of sp³-hybridized carbons (Fsp3) is 0.571. The van der Waals surface area contributed by atoms with Crippen LogP contribution < -0.4 is 0 Å². The first-order valence-corrected chi connectivity index (χ1v) is 5.71. The third kappa shape index (κ3) is 2.36. The molecule has 0 aliphatic rings. The average molecular weight is 204 g/mol. The molecule has 0 aliphatic heterocycles. The Labute approximate surface area is 78.1 Å². The summed E-state index contributed by atoms with van der Waals surface area (Å²) in [5.74, 6) is 0.396. The van der Waals surface area contributed by atoms with Gasteiger partial charge in [0.15, 0.2) is 0 Å². The summed E-state index contributed by atoms with van der Waals surface area (Å²) in [4.78, 5) is 4.97. The topological polar surface area (TPSA) is 53.0 Å². The highest BCUT2D eigenvalue weighted by Crippen LogP contribution is 2.22. The highest BCUT2D eigenvalue weighted by Gasteiger charge is 2.09. The van der Waals surface area contributed by atoms with Gasteiger partial charge in [-0.15, -0.1) is 11.3 Å². The summed E-state index contributed by atoms with van der Waals surface area (Å²) in [6.45, 7) is 4.01. The zero-order chi connectivity index (χ0) is 9.14. The molecule has 12 heavy (non-hydrogen) atoms. The van der Waals surface area contributed by atoms with Crippen LogP contribution in [0.1, 0.15) is 30.3 Å². The third-order valence-corrected chi connectivity index (χ3v) is 3.02. The van der Waals surface area contributed by atoms with E-state index in [9.17, 15) is 8.76 Å². The van der Waals surface area contributed by atoms with Crippen LogP contribution in [0.2, 0.25) is 0 Å². The van der Waals surface area contributed by atoms with Gasteiger partial charge in [0.1, 0.15) is 0 Å². The molecule has 1 heterocycles. The molecule has 0 N–H and O–H groups in total. The van der Waals surface area contributed by atoms with Crippen molar-refractivity contribution in [3.05, 3.63) is 16.1 Å². The minimum Gasteiger partial charge on any atom is -0.772 e. The van der Waals surface area contributed by atoms with Crippen LogP contribution in [-0.2, 0) is 16.8 Å². The van der Waals surface area contributed by atoms with Crippen LogP contribution in [0.3, 0.4) is 0 Å². The first-order chi connectivity index (χ1) is 5.61. The number of hydrogen-bond donors (Lipinski definition) is 0. The number of thiazole rings is 1. The number of nitrogens with zero attached hydrogens (tertiary/aromatic N) is 1. The first-order valence-electron chi connectivity index (χ1n) is 3.59. The summed E-state index contributed by atoms with van der Waals surface area (Å²) in [5, 5.41) is 0. The molecule has 1 aromatic heterocycles. The largest absolute Gasteiger partial charge is 0.772 e. The highest BCUT2D eigenvalue weighted by molar-refractivity contribution is 7.78. The van der Waals surface area contributed by atoms with Gasteiger partial charge in [-0.25, -0.2) is 4.98 Å². The lowest BCUT2D eigenvalue weighted by molar-refractivity contribution is 0.536. The second kappa shape index (κ2) is 4.11. The summed E-state index contributed by atoms with van der Waals surface area (Å²) < 4.78 is 20.8. The van der Waals surface area contributed by atoms with Gasteiger partial charge in [-0.1, -0.05) is 13.8 Å². The maximum Gasteiger partial charge on any atom is 0.0798 e. The Morgan fingerprint density at radius 1 is 1.75 bits per heavy atom.